The van der Waals surface area contributed by atoms with E-state index in [1.807, 2.05) is 0 Å². The Balaban J connectivity index is 2.86. The molecule has 0 bridgehead atoms. The van der Waals surface area contributed by atoms with E-state index >= 15 is 0 Å². The molecule has 1 N–H and O–H groups in total. The molecule has 0 atom stereocenters. The Morgan fingerprint density at radius 3 is 2.76 bits per heavy atom. The Hall–Kier alpha value is -2.37. The van der Waals surface area contributed by atoms with E-state index in [2.05, 4.69) is 0 Å². The highest BCUT2D eigenvalue weighted by Gasteiger charge is 2.12. The molecule has 0 radical (unpaired) electrons. The summed E-state index contributed by atoms with van der Waals surface area (Å²) in [7, 11) is 0. The lowest BCUT2D eigenvalue weighted by Crippen LogP contribution is -2.35. The van der Waals surface area contributed by atoms with Crippen molar-refractivity contribution in [2.24, 2.45) is 0 Å². The normalized spacial score (nSPS) is 10.6. The van der Waals surface area contributed by atoms with E-state index in [4.69, 9.17) is 9.52 Å². The second-order valence-corrected chi connectivity index (χ2v) is 3.60. The molecule has 1 aromatic carbocycles. The van der Waals surface area contributed by atoms with Crippen molar-refractivity contribution < 1.29 is 14.3 Å². The summed E-state index contributed by atoms with van der Waals surface area (Å²) in [4.78, 5) is 33.9. The molecule has 0 saturated heterocycles. The van der Waals surface area contributed by atoms with Gasteiger partial charge in [0.1, 0.15) is 12.1 Å². The number of hydrogen-bond donors (Lipinski definition) is 1. The maximum Gasteiger partial charge on any atom is 0.422 e. The molecule has 0 amide bonds. The summed E-state index contributed by atoms with van der Waals surface area (Å²) in [6.45, 7) is 0.997. The van der Waals surface area contributed by atoms with Crippen LogP contribution in [0.15, 0.2) is 32.2 Å². The highest BCUT2D eigenvalue weighted by molar-refractivity contribution is 5.78. The Kier molecular flexibility index (Phi) is 2.55. The number of nitrogens with zero attached hydrogens (tertiary/aromatic N) is 1. The second-order valence-electron chi connectivity index (χ2n) is 3.60. The van der Waals surface area contributed by atoms with E-state index in [1.165, 1.54) is 6.07 Å². The van der Waals surface area contributed by atoms with Gasteiger partial charge in [0, 0.05) is 0 Å². The maximum atomic E-state index is 11.9. The monoisotopic (exact) mass is 235 g/mol. The summed E-state index contributed by atoms with van der Waals surface area (Å²) < 4.78 is 5.51. The van der Waals surface area contributed by atoms with Gasteiger partial charge in [-0.25, -0.2) is 9.36 Å². The van der Waals surface area contributed by atoms with Gasteiger partial charge in [-0.15, -0.1) is 0 Å². The number of rotatable bonds is 2. The van der Waals surface area contributed by atoms with Gasteiger partial charge in [0.2, 0.25) is 0 Å². The minimum atomic E-state index is -1.27. The fourth-order valence-corrected chi connectivity index (χ4v) is 1.60. The number of aryl methyl sites for hydroxylation is 1. The molecule has 2 rings (SSSR count). The van der Waals surface area contributed by atoms with Crippen LogP contribution in [-0.2, 0) is 11.3 Å². The Bertz CT molecular complexity index is 710. The number of fused-ring (bicyclic) bond motifs is 1. The average Bonchev–Trinajstić information content (AvgIpc) is 2.26. The molecule has 0 aliphatic carbocycles. The molecular formula is C11H9NO5. The number of aliphatic carboxylic acids is 1. The van der Waals surface area contributed by atoms with Crippen LogP contribution < -0.4 is 11.3 Å². The van der Waals surface area contributed by atoms with E-state index in [1.54, 1.807) is 19.1 Å². The first-order chi connectivity index (χ1) is 8.00. The topological polar surface area (TPSA) is 89.5 Å². The lowest BCUT2D eigenvalue weighted by molar-refractivity contribution is -0.137. The van der Waals surface area contributed by atoms with Crippen LogP contribution >= 0.6 is 0 Å². The molecule has 0 aliphatic heterocycles. The second kappa shape index (κ2) is 3.89. The van der Waals surface area contributed by atoms with Crippen molar-refractivity contribution >= 4 is 16.9 Å². The molecule has 17 heavy (non-hydrogen) atoms. The van der Waals surface area contributed by atoms with Crippen molar-refractivity contribution in [1.29, 1.82) is 0 Å². The smallest absolute Gasteiger partial charge is 0.422 e. The first-order valence-electron chi connectivity index (χ1n) is 4.86. The summed E-state index contributed by atoms with van der Waals surface area (Å²) in [5.74, 6) is -2.23. The molecule has 6 heteroatoms. The van der Waals surface area contributed by atoms with Crippen LogP contribution in [-0.4, -0.2) is 15.6 Å². The molecule has 0 fully saturated rings. The highest BCUT2D eigenvalue weighted by Crippen LogP contribution is 2.12. The van der Waals surface area contributed by atoms with E-state index in [9.17, 15) is 14.4 Å². The minimum absolute atomic E-state index is 0.198. The number of carboxylic acids is 1. The molecule has 0 unspecified atom stereocenters. The summed E-state index contributed by atoms with van der Waals surface area (Å²) in [5, 5.41) is 8.80. The van der Waals surface area contributed by atoms with Crippen molar-refractivity contribution in [3.05, 3.63) is 44.7 Å². The first-order valence-corrected chi connectivity index (χ1v) is 4.86. The van der Waals surface area contributed by atoms with Gasteiger partial charge < -0.3 is 9.52 Å². The SMILES string of the molecule is Cc1cccc2c(=O)n(CC(=O)O)c(=O)oc12. The standard InChI is InChI=1S/C11H9NO5/c1-6-3-2-4-7-9(6)17-11(16)12(10(7)15)5-8(13)14/h2-4H,5H2,1H3,(H,13,14). The molecule has 1 aromatic heterocycles. The number of benzene rings is 1. The van der Waals surface area contributed by atoms with Gasteiger partial charge in [-0.3, -0.25) is 9.59 Å². The van der Waals surface area contributed by atoms with Crippen LogP contribution in [0.1, 0.15) is 5.56 Å². The van der Waals surface area contributed by atoms with Crippen LogP contribution in [0.25, 0.3) is 11.0 Å². The van der Waals surface area contributed by atoms with Crippen molar-refractivity contribution in [2.45, 2.75) is 13.5 Å². The molecular weight excluding hydrogens is 226 g/mol. The third kappa shape index (κ3) is 1.84. The Labute approximate surface area is 94.7 Å². The van der Waals surface area contributed by atoms with Crippen LogP contribution in [0, 0.1) is 6.92 Å². The molecule has 1 heterocycles. The van der Waals surface area contributed by atoms with Crippen LogP contribution in [0.2, 0.25) is 0 Å². The predicted molar refractivity (Wildman–Crippen MR) is 59.1 cm³/mol. The summed E-state index contributed by atoms with van der Waals surface area (Å²) in [6, 6.07) is 4.84. The zero-order chi connectivity index (χ0) is 12.6. The minimum Gasteiger partial charge on any atom is -0.480 e. The molecule has 0 spiro atoms. The number of para-hydroxylation sites is 1. The van der Waals surface area contributed by atoms with Crippen molar-refractivity contribution in [1.82, 2.24) is 4.57 Å². The van der Waals surface area contributed by atoms with Crippen LogP contribution in [0.4, 0.5) is 0 Å². The van der Waals surface area contributed by atoms with Gasteiger partial charge in [0.15, 0.2) is 0 Å². The van der Waals surface area contributed by atoms with Crippen LogP contribution in [0.5, 0.6) is 0 Å². The van der Waals surface area contributed by atoms with E-state index < -0.39 is 23.8 Å². The quantitative estimate of drug-likeness (QED) is 0.811. The van der Waals surface area contributed by atoms with Gasteiger partial charge in [-0.05, 0) is 18.6 Å². The summed E-state index contributed by atoms with van der Waals surface area (Å²) in [6.07, 6.45) is 0. The first kappa shape index (κ1) is 11.1. The highest BCUT2D eigenvalue weighted by atomic mass is 16.4. The molecule has 0 saturated carbocycles. The number of aromatic nitrogens is 1. The number of hydrogen-bond acceptors (Lipinski definition) is 4. The lowest BCUT2D eigenvalue weighted by atomic mass is 10.2. The fourth-order valence-electron chi connectivity index (χ4n) is 1.60. The molecule has 6 nitrogen and oxygen atoms in total. The van der Waals surface area contributed by atoms with Gasteiger partial charge >= 0.3 is 11.7 Å². The number of carboxylic acid groups (broad SMARTS) is 1. The van der Waals surface area contributed by atoms with Gasteiger partial charge in [0.25, 0.3) is 5.56 Å². The van der Waals surface area contributed by atoms with Crippen LogP contribution in [0.3, 0.4) is 0 Å². The summed E-state index contributed by atoms with van der Waals surface area (Å²) in [5.41, 5.74) is 0.200. The van der Waals surface area contributed by atoms with Crippen molar-refractivity contribution in [3.63, 3.8) is 0 Å². The van der Waals surface area contributed by atoms with Gasteiger partial charge in [-0.2, -0.15) is 0 Å². The molecule has 88 valence electrons. The maximum absolute atomic E-state index is 11.9. The third-order valence-corrected chi connectivity index (χ3v) is 2.39. The average molecular weight is 235 g/mol. The van der Waals surface area contributed by atoms with Crippen molar-refractivity contribution in [2.75, 3.05) is 0 Å². The lowest BCUT2D eigenvalue weighted by Gasteiger charge is -2.03. The largest absolute Gasteiger partial charge is 0.480 e. The zero-order valence-electron chi connectivity index (χ0n) is 8.97. The van der Waals surface area contributed by atoms with E-state index in [0.717, 1.165) is 0 Å². The fraction of sp³-hybridized carbons (Fsp3) is 0.182. The molecule has 2 aromatic rings. The Morgan fingerprint density at radius 2 is 2.12 bits per heavy atom. The van der Waals surface area contributed by atoms with E-state index in [-0.39, 0.29) is 11.0 Å². The van der Waals surface area contributed by atoms with Crippen molar-refractivity contribution in [3.8, 4) is 0 Å². The Morgan fingerprint density at radius 1 is 1.41 bits per heavy atom. The zero-order valence-corrected chi connectivity index (χ0v) is 8.97. The number of carbonyl (C=O) groups is 1. The third-order valence-electron chi connectivity index (χ3n) is 2.39. The van der Waals surface area contributed by atoms with E-state index in [0.29, 0.717) is 10.1 Å². The predicted octanol–water partition coefficient (Wildman–Crippen LogP) is 0.348. The van der Waals surface area contributed by atoms with Gasteiger partial charge in [0.05, 0.1) is 5.39 Å². The van der Waals surface area contributed by atoms with Gasteiger partial charge in [-0.1, -0.05) is 12.1 Å². The molecule has 0 aliphatic rings. The summed E-state index contributed by atoms with van der Waals surface area (Å²) >= 11 is 0.